The zero-order valence-corrected chi connectivity index (χ0v) is 18.9. The number of nitrogens with zero attached hydrogens (tertiary/aromatic N) is 5. The molecule has 0 bridgehead atoms. The monoisotopic (exact) mass is 415 g/mol. The van der Waals surface area contributed by atoms with E-state index in [0.29, 0.717) is 18.2 Å². The van der Waals surface area contributed by atoms with Crippen LogP contribution in [0.5, 0.6) is 0 Å². The molecule has 1 fully saturated rings. The maximum atomic E-state index is 12.7. The highest BCUT2D eigenvalue weighted by molar-refractivity contribution is 7.99. The van der Waals surface area contributed by atoms with E-state index in [-0.39, 0.29) is 11.9 Å². The quantitative estimate of drug-likeness (QED) is 0.616. The van der Waals surface area contributed by atoms with Gasteiger partial charge >= 0.3 is 0 Å². The van der Waals surface area contributed by atoms with Crippen LogP contribution in [0, 0.1) is 5.92 Å². The Balaban J connectivity index is 1.78. The predicted molar refractivity (Wildman–Crippen MR) is 118 cm³/mol. The SMILES string of the molecule is CC[C@@H](c1nnc(SCC(=O)N2CCC[C@@H](C)C2)n1Cc1ccccc1)N(C)C. The summed E-state index contributed by atoms with van der Waals surface area (Å²) in [6.45, 7) is 6.86. The van der Waals surface area contributed by atoms with Crippen molar-refractivity contribution in [2.75, 3.05) is 32.9 Å². The lowest BCUT2D eigenvalue weighted by molar-refractivity contribution is -0.130. The van der Waals surface area contributed by atoms with E-state index in [1.807, 2.05) is 11.0 Å². The number of thioether (sulfide) groups is 1. The van der Waals surface area contributed by atoms with Gasteiger partial charge in [-0.15, -0.1) is 10.2 Å². The summed E-state index contributed by atoms with van der Waals surface area (Å²) < 4.78 is 2.18. The summed E-state index contributed by atoms with van der Waals surface area (Å²) in [5.41, 5.74) is 1.21. The minimum atomic E-state index is 0.194. The van der Waals surface area contributed by atoms with E-state index in [2.05, 4.69) is 71.9 Å². The van der Waals surface area contributed by atoms with Crippen LogP contribution in [0.3, 0.4) is 0 Å². The first-order chi connectivity index (χ1) is 14.0. The van der Waals surface area contributed by atoms with Crippen LogP contribution < -0.4 is 0 Å². The number of rotatable bonds is 8. The van der Waals surface area contributed by atoms with Crippen molar-refractivity contribution < 1.29 is 4.79 Å². The van der Waals surface area contributed by atoms with Crippen LogP contribution in [0.1, 0.15) is 50.5 Å². The van der Waals surface area contributed by atoms with E-state index in [0.717, 1.165) is 36.9 Å². The molecular formula is C22H33N5OS. The molecule has 0 N–H and O–H groups in total. The average molecular weight is 416 g/mol. The van der Waals surface area contributed by atoms with Crippen LogP contribution in [0.25, 0.3) is 0 Å². The van der Waals surface area contributed by atoms with Gasteiger partial charge in [0.05, 0.1) is 18.3 Å². The maximum Gasteiger partial charge on any atom is 0.233 e. The molecule has 1 amide bonds. The van der Waals surface area contributed by atoms with Crippen LogP contribution >= 0.6 is 11.8 Å². The van der Waals surface area contributed by atoms with Crippen molar-refractivity contribution in [2.45, 2.75) is 50.9 Å². The predicted octanol–water partition coefficient (Wildman–Crippen LogP) is 3.69. The minimum Gasteiger partial charge on any atom is -0.342 e. The second-order valence-corrected chi connectivity index (χ2v) is 9.12. The van der Waals surface area contributed by atoms with Crippen molar-refractivity contribution in [1.29, 1.82) is 0 Å². The van der Waals surface area contributed by atoms with Gasteiger partial charge in [0.1, 0.15) is 0 Å². The van der Waals surface area contributed by atoms with Crippen molar-refractivity contribution >= 4 is 17.7 Å². The normalized spacial score (nSPS) is 18.2. The van der Waals surface area contributed by atoms with Crippen molar-refractivity contribution in [3.05, 3.63) is 41.7 Å². The van der Waals surface area contributed by atoms with E-state index in [4.69, 9.17) is 0 Å². The number of benzene rings is 1. The molecule has 2 heterocycles. The molecule has 1 saturated heterocycles. The first-order valence-electron chi connectivity index (χ1n) is 10.5. The number of hydrogen-bond acceptors (Lipinski definition) is 5. The van der Waals surface area contributed by atoms with Crippen molar-refractivity contribution in [1.82, 2.24) is 24.6 Å². The van der Waals surface area contributed by atoms with Crippen molar-refractivity contribution in [3.8, 4) is 0 Å². The number of carbonyl (C=O) groups excluding carboxylic acids is 1. The second kappa shape index (κ2) is 10.3. The van der Waals surface area contributed by atoms with E-state index >= 15 is 0 Å². The van der Waals surface area contributed by atoms with E-state index in [9.17, 15) is 4.79 Å². The Bertz CT molecular complexity index is 792. The summed E-state index contributed by atoms with van der Waals surface area (Å²) in [5, 5.41) is 9.83. The molecule has 1 aromatic carbocycles. The maximum absolute atomic E-state index is 12.7. The van der Waals surface area contributed by atoms with Gasteiger partial charge in [0.25, 0.3) is 0 Å². The smallest absolute Gasteiger partial charge is 0.233 e. The molecule has 6 nitrogen and oxygen atoms in total. The standard InChI is InChI=1S/C22H33N5OS/c1-5-19(25(3)4)21-23-24-22(27(21)15-18-11-7-6-8-12-18)29-16-20(28)26-13-9-10-17(2)14-26/h6-8,11-12,17,19H,5,9-10,13-16H2,1-4H3/t17-,19+/m1/s1. The van der Waals surface area contributed by atoms with Gasteiger partial charge in [0.15, 0.2) is 11.0 Å². The van der Waals surface area contributed by atoms with Gasteiger partial charge in [0.2, 0.25) is 5.91 Å². The summed E-state index contributed by atoms with van der Waals surface area (Å²) in [5.74, 6) is 2.18. The van der Waals surface area contributed by atoms with Gasteiger partial charge in [-0.3, -0.25) is 9.69 Å². The lowest BCUT2D eigenvalue weighted by Crippen LogP contribution is -2.40. The van der Waals surface area contributed by atoms with Gasteiger partial charge in [-0.05, 0) is 44.8 Å². The molecule has 1 aliphatic rings. The summed E-state index contributed by atoms with van der Waals surface area (Å²) in [4.78, 5) is 16.9. The summed E-state index contributed by atoms with van der Waals surface area (Å²) in [7, 11) is 4.15. The Morgan fingerprint density at radius 2 is 2.03 bits per heavy atom. The number of amides is 1. The molecule has 0 aliphatic carbocycles. The molecule has 3 rings (SSSR count). The average Bonchev–Trinajstić information content (AvgIpc) is 3.09. The van der Waals surface area contributed by atoms with Crippen LogP contribution in [0.4, 0.5) is 0 Å². The lowest BCUT2D eigenvalue weighted by Gasteiger charge is -2.30. The van der Waals surface area contributed by atoms with Crippen LogP contribution in [-0.4, -0.2) is 63.4 Å². The molecule has 0 spiro atoms. The summed E-state index contributed by atoms with van der Waals surface area (Å²) in [6.07, 6.45) is 3.27. The van der Waals surface area contributed by atoms with Crippen LogP contribution in [0.2, 0.25) is 0 Å². The molecule has 0 saturated carbocycles. The van der Waals surface area contributed by atoms with Gasteiger partial charge < -0.3 is 9.47 Å². The van der Waals surface area contributed by atoms with Gasteiger partial charge in [-0.1, -0.05) is 55.9 Å². The Morgan fingerprint density at radius 1 is 1.28 bits per heavy atom. The van der Waals surface area contributed by atoms with E-state index < -0.39 is 0 Å². The Hall–Kier alpha value is -1.86. The number of carbonyl (C=O) groups is 1. The molecule has 0 radical (unpaired) electrons. The van der Waals surface area contributed by atoms with E-state index in [1.54, 1.807) is 0 Å². The third-order valence-corrected chi connectivity index (χ3v) is 6.52. The molecule has 1 aliphatic heterocycles. The third-order valence-electron chi connectivity index (χ3n) is 5.57. The zero-order valence-electron chi connectivity index (χ0n) is 18.0. The van der Waals surface area contributed by atoms with Crippen LogP contribution in [0.15, 0.2) is 35.5 Å². The molecule has 1 aromatic heterocycles. The first kappa shape index (κ1) is 21.8. The molecular weight excluding hydrogens is 382 g/mol. The summed E-state index contributed by atoms with van der Waals surface area (Å²) in [6, 6.07) is 10.6. The second-order valence-electron chi connectivity index (χ2n) is 8.18. The topological polar surface area (TPSA) is 54.3 Å². The lowest BCUT2D eigenvalue weighted by atomic mass is 10.0. The van der Waals surface area contributed by atoms with Crippen molar-refractivity contribution in [3.63, 3.8) is 0 Å². The molecule has 2 atom stereocenters. The van der Waals surface area contributed by atoms with Gasteiger partial charge in [-0.2, -0.15) is 0 Å². The number of piperidine rings is 1. The highest BCUT2D eigenvalue weighted by atomic mass is 32.2. The zero-order chi connectivity index (χ0) is 20.8. The van der Waals surface area contributed by atoms with Gasteiger partial charge in [-0.25, -0.2) is 0 Å². The number of likely N-dealkylation sites (tertiary alicyclic amines) is 1. The van der Waals surface area contributed by atoms with Crippen molar-refractivity contribution in [2.24, 2.45) is 5.92 Å². The molecule has 0 unspecified atom stereocenters. The van der Waals surface area contributed by atoms with Crippen LogP contribution in [-0.2, 0) is 11.3 Å². The third kappa shape index (κ3) is 5.60. The largest absolute Gasteiger partial charge is 0.342 e. The molecule has 7 heteroatoms. The highest BCUT2D eigenvalue weighted by Crippen LogP contribution is 2.27. The molecule has 29 heavy (non-hydrogen) atoms. The molecule has 158 valence electrons. The van der Waals surface area contributed by atoms with E-state index in [1.165, 1.54) is 23.7 Å². The Morgan fingerprint density at radius 3 is 2.69 bits per heavy atom. The number of aromatic nitrogens is 3. The number of hydrogen-bond donors (Lipinski definition) is 0. The fourth-order valence-electron chi connectivity index (χ4n) is 3.98. The first-order valence-corrected chi connectivity index (χ1v) is 11.5. The molecule has 2 aromatic rings. The summed E-state index contributed by atoms with van der Waals surface area (Å²) >= 11 is 1.51. The highest BCUT2D eigenvalue weighted by Gasteiger charge is 2.24. The fraction of sp³-hybridized carbons (Fsp3) is 0.591. The fourth-order valence-corrected chi connectivity index (χ4v) is 4.83. The van der Waals surface area contributed by atoms with Gasteiger partial charge in [0, 0.05) is 13.1 Å². The Kier molecular flexibility index (Phi) is 7.72. The minimum absolute atomic E-state index is 0.194. The Labute approximate surface area is 178 Å².